The Hall–Kier alpha value is -0.870. The summed E-state index contributed by atoms with van der Waals surface area (Å²) in [6.07, 6.45) is 1.51. The maximum Gasteiger partial charge on any atom is 0.0655 e. The molecule has 108 valence electrons. The first-order valence-corrected chi connectivity index (χ1v) is 7.37. The maximum absolute atomic E-state index is 5.77. The van der Waals surface area contributed by atoms with Gasteiger partial charge in [-0.05, 0) is 33.3 Å². The van der Waals surface area contributed by atoms with E-state index in [4.69, 9.17) is 4.74 Å². The van der Waals surface area contributed by atoms with Crippen molar-refractivity contribution in [2.24, 2.45) is 5.41 Å². The molecule has 4 heteroatoms. The fourth-order valence-corrected chi connectivity index (χ4v) is 2.96. The molecule has 1 aromatic heterocycles. The first kappa shape index (κ1) is 14.5. The Bertz CT molecular complexity index is 425. The molecule has 1 aromatic rings. The first-order valence-electron chi connectivity index (χ1n) is 7.37. The molecule has 2 unspecified atom stereocenters. The van der Waals surface area contributed by atoms with Gasteiger partial charge in [-0.15, -0.1) is 0 Å². The van der Waals surface area contributed by atoms with E-state index in [-0.39, 0.29) is 5.41 Å². The van der Waals surface area contributed by atoms with Crippen molar-refractivity contribution in [3.63, 3.8) is 0 Å². The number of ether oxygens (including phenoxy) is 1. The number of aryl methyl sites for hydroxylation is 2. The molecule has 0 bridgehead atoms. The summed E-state index contributed by atoms with van der Waals surface area (Å²) in [5.41, 5.74) is 2.59. The van der Waals surface area contributed by atoms with Crippen molar-refractivity contribution in [3.8, 4) is 0 Å². The molecule has 2 rings (SSSR count). The molecule has 0 amide bonds. The summed E-state index contributed by atoms with van der Waals surface area (Å²) >= 11 is 0. The molecule has 1 fully saturated rings. The molecule has 19 heavy (non-hydrogen) atoms. The Balaban J connectivity index is 1.90. The lowest BCUT2D eigenvalue weighted by Gasteiger charge is -2.52. The normalized spacial score (nSPS) is 25.3. The highest BCUT2D eigenvalue weighted by Gasteiger charge is 2.48. The minimum absolute atomic E-state index is 0.224. The summed E-state index contributed by atoms with van der Waals surface area (Å²) < 4.78 is 7.84. The van der Waals surface area contributed by atoms with Crippen LogP contribution < -0.4 is 5.32 Å². The van der Waals surface area contributed by atoms with Gasteiger partial charge in [-0.25, -0.2) is 0 Å². The number of hydrogen-bond donors (Lipinski definition) is 1. The molecule has 0 radical (unpaired) electrons. The van der Waals surface area contributed by atoms with Crippen LogP contribution >= 0.6 is 0 Å². The van der Waals surface area contributed by atoms with Gasteiger partial charge in [-0.2, -0.15) is 5.10 Å². The van der Waals surface area contributed by atoms with E-state index in [1.165, 1.54) is 5.69 Å². The predicted octanol–water partition coefficient (Wildman–Crippen LogP) is 2.50. The number of hydrogen-bond acceptors (Lipinski definition) is 3. The van der Waals surface area contributed by atoms with E-state index in [9.17, 15) is 0 Å². The van der Waals surface area contributed by atoms with E-state index in [0.717, 1.165) is 31.8 Å². The van der Waals surface area contributed by atoms with Gasteiger partial charge in [0, 0.05) is 31.2 Å². The van der Waals surface area contributed by atoms with Gasteiger partial charge in [-0.3, -0.25) is 4.68 Å². The molecular weight excluding hydrogens is 238 g/mol. The molecule has 0 spiro atoms. The lowest BCUT2D eigenvalue weighted by Crippen LogP contribution is -2.60. The van der Waals surface area contributed by atoms with E-state index in [1.54, 1.807) is 0 Å². The third-order valence-corrected chi connectivity index (χ3v) is 4.36. The molecule has 2 atom stereocenters. The summed E-state index contributed by atoms with van der Waals surface area (Å²) in [4.78, 5) is 0. The van der Waals surface area contributed by atoms with E-state index in [1.807, 2.05) is 6.92 Å². The standard InChI is InChI=1S/C15H27N3O/c1-6-18-12(8-11(3)17-18)10-16-13-9-14(19-7-2)15(13,4)5/h8,13-14,16H,6-7,9-10H2,1-5H3. The van der Waals surface area contributed by atoms with Gasteiger partial charge in [0.25, 0.3) is 0 Å². The van der Waals surface area contributed by atoms with E-state index < -0.39 is 0 Å². The average molecular weight is 265 g/mol. The number of nitrogens with zero attached hydrogens (tertiary/aromatic N) is 2. The zero-order valence-corrected chi connectivity index (χ0v) is 12.9. The summed E-state index contributed by atoms with van der Waals surface area (Å²) in [7, 11) is 0. The molecule has 1 N–H and O–H groups in total. The van der Waals surface area contributed by atoms with Crippen LogP contribution in [0, 0.1) is 12.3 Å². The van der Waals surface area contributed by atoms with Gasteiger partial charge in [0.05, 0.1) is 17.5 Å². The largest absolute Gasteiger partial charge is 0.378 e. The molecule has 1 aliphatic carbocycles. The summed E-state index contributed by atoms with van der Waals surface area (Å²) in [6.45, 7) is 13.5. The van der Waals surface area contributed by atoms with Crippen molar-refractivity contribution in [2.75, 3.05) is 6.61 Å². The van der Waals surface area contributed by atoms with Crippen molar-refractivity contribution in [1.82, 2.24) is 15.1 Å². The van der Waals surface area contributed by atoms with Gasteiger partial charge in [0.15, 0.2) is 0 Å². The van der Waals surface area contributed by atoms with Crippen molar-refractivity contribution >= 4 is 0 Å². The van der Waals surface area contributed by atoms with Crippen LogP contribution in [0.1, 0.15) is 45.5 Å². The highest BCUT2D eigenvalue weighted by atomic mass is 16.5. The minimum atomic E-state index is 0.224. The van der Waals surface area contributed by atoms with Crippen molar-refractivity contribution < 1.29 is 4.74 Å². The van der Waals surface area contributed by atoms with Crippen LogP contribution in [0.4, 0.5) is 0 Å². The quantitative estimate of drug-likeness (QED) is 0.859. The van der Waals surface area contributed by atoms with Crippen LogP contribution in [0.15, 0.2) is 6.07 Å². The summed E-state index contributed by atoms with van der Waals surface area (Å²) in [5.74, 6) is 0. The van der Waals surface area contributed by atoms with Crippen molar-refractivity contribution in [2.45, 2.75) is 66.3 Å². The average Bonchev–Trinajstić information content (AvgIpc) is 2.73. The second-order valence-corrected chi connectivity index (χ2v) is 6.03. The number of nitrogens with one attached hydrogen (secondary N) is 1. The van der Waals surface area contributed by atoms with E-state index in [0.29, 0.717) is 12.1 Å². The highest BCUT2D eigenvalue weighted by Crippen LogP contribution is 2.42. The smallest absolute Gasteiger partial charge is 0.0655 e. The van der Waals surface area contributed by atoms with Crippen LogP contribution in [0.2, 0.25) is 0 Å². The van der Waals surface area contributed by atoms with E-state index >= 15 is 0 Å². The zero-order valence-electron chi connectivity index (χ0n) is 12.9. The Kier molecular flexibility index (Phi) is 4.31. The van der Waals surface area contributed by atoms with E-state index in [2.05, 4.69) is 48.9 Å². The molecule has 1 heterocycles. The van der Waals surface area contributed by atoms with Gasteiger partial charge in [-0.1, -0.05) is 13.8 Å². The molecular formula is C15H27N3O. The Labute approximate surface area is 116 Å². The van der Waals surface area contributed by atoms with Crippen LogP contribution in [-0.4, -0.2) is 28.5 Å². The predicted molar refractivity (Wildman–Crippen MR) is 77.1 cm³/mol. The second-order valence-electron chi connectivity index (χ2n) is 6.03. The third-order valence-electron chi connectivity index (χ3n) is 4.36. The lowest BCUT2D eigenvalue weighted by atomic mass is 9.64. The van der Waals surface area contributed by atoms with Gasteiger partial charge < -0.3 is 10.1 Å². The summed E-state index contributed by atoms with van der Waals surface area (Å²) in [6, 6.07) is 2.70. The molecule has 0 saturated heterocycles. The highest BCUT2D eigenvalue weighted by molar-refractivity contribution is 5.10. The topological polar surface area (TPSA) is 39.1 Å². The van der Waals surface area contributed by atoms with Crippen LogP contribution in [-0.2, 0) is 17.8 Å². The summed E-state index contributed by atoms with van der Waals surface area (Å²) in [5, 5.41) is 8.14. The second kappa shape index (κ2) is 5.63. The maximum atomic E-state index is 5.77. The lowest BCUT2D eigenvalue weighted by molar-refractivity contribution is -0.114. The molecule has 4 nitrogen and oxygen atoms in total. The van der Waals surface area contributed by atoms with Crippen LogP contribution in [0.25, 0.3) is 0 Å². The van der Waals surface area contributed by atoms with Crippen molar-refractivity contribution in [1.29, 1.82) is 0 Å². The number of rotatable bonds is 6. The fraction of sp³-hybridized carbons (Fsp3) is 0.800. The van der Waals surface area contributed by atoms with Crippen LogP contribution in [0.5, 0.6) is 0 Å². The minimum Gasteiger partial charge on any atom is -0.378 e. The van der Waals surface area contributed by atoms with Gasteiger partial charge in [0.2, 0.25) is 0 Å². The SMILES string of the molecule is CCOC1CC(NCc2cc(C)nn2CC)C1(C)C. The molecule has 0 aliphatic heterocycles. The van der Waals surface area contributed by atoms with Gasteiger partial charge in [0.1, 0.15) is 0 Å². The Morgan fingerprint density at radius 1 is 1.47 bits per heavy atom. The first-order chi connectivity index (χ1) is 8.98. The zero-order chi connectivity index (χ0) is 14.0. The van der Waals surface area contributed by atoms with Gasteiger partial charge >= 0.3 is 0 Å². The number of aromatic nitrogens is 2. The Morgan fingerprint density at radius 3 is 2.79 bits per heavy atom. The third kappa shape index (κ3) is 2.84. The fourth-order valence-electron chi connectivity index (χ4n) is 2.96. The molecule has 0 aromatic carbocycles. The Morgan fingerprint density at radius 2 is 2.21 bits per heavy atom. The monoisotopic (exact) mass is 265 g/mol. The molecule has 1 aliphatic rings. The van der Waals surface area contributed by atoms with Crippen LogP contribution in [0.3, 0.4) is 0 Å². The molecule has 1 saturated carbocycles. The van der Waals surface area contributed by atoms with Crippen molar-refractivity contribution in [3.05, 3.63) is 17.5 Å².